The number of hydrogen-bond donors (Lipinski definition) is 3. The van der Waals surface area contributed by atoms with Gasteiger partial charge in [0, 0.05) is 46.5 Å². The van der Waals surface area contributed by atoms with Crippen molar-refractivity contribution >= 4 is 57.5 Å². The van der Waals surface area contributed by atoms with E-state index in [1.807, 2.05) is 48.5 Å². The molecule has 0 unspecified atom stereocenters. The lowest BCUT2D eigenvalue weighted by Crippen LogP contribution is -2.30. The molecule has 146 valence electrons. The molecular weight excluding hydrogens is 404 g/mol. The van der Waals surface area contributed by atoms with Crippen molar-refractivity contribution in [3.8, 4) is 5.75 Å². The Labute approximate surface area is 178 Å². The lowest BCUT2D eigenvalue weighted by Gasteiger charge is -2.17. The number of carbonyl (C=O) groups is 1. The third-order valence-corrected chi connectivity index (χ3v) is 6.41. The number of carbonyl (C=O) groups excluding carboxylic acids is 1. The average molecular weight is 423 g/mol. The fourth-order valence-electron chi connectivity index (χ4n) is 4.29. The molecule has 0 spiro atoms. The number of halogens is 1. The normalized spacial score (nSPS) is 15.9. The SMILES string of the molecule is O=C(c1cc2cc(CS)ccc2[nH]1)N1C[C@@H](CCl)c2c1cc(O)c1ccccc21. The molecule has 1 aliphatic heterocycles. The highest BCUT2D eigenvalue weighted by molar-refractivity contribution is 7.79. The number of anilines is 1. The average Bonchev–Trinajstić information content (AvgIpc) is 3.34. The number of nitrogens with one attached hydrogen (secondary N) is 1. The second kappa shape index (κ2) is 7.01. The van der Waals surface area contributed by atoms with Crippen LogP contribution in [0.15, 0.2) is 54.6 Å². The number of amides is 1. The molecule has 2 heterocycles. The Morgan fingerprint density at radius 3 is 2.72 bits per heavy atom. The topological polar surface area (TPSA) is 56.3 Å². The Morgan fingerprint density at radius 2 is 1.97 bits per heavy atom. The Hall–Kier alpha value is -2.63. The molecule has 3 aromatic carbocycles. The molecule has 4 aromatic rings. The molecule has 1 atom stereocenters. The van der Waals surface area contributed by atoms with E-state index in [-0.39, 0.29) is 17.6 Å². The van der Waals surface area contributed by atoms with E-state index in [1.54, 1.807) is 11.0 Å². The van der Waals surface area contributed by atoms with Crippen LogP contribution in [-0.4, -0.2) is 28.4 Å². The molecular formula is C23H19ClN2O2S. The van der Waals surface area contributed by atoms with Gasteiger partial charge in [-0.1, -0.05) is 30.3 Å². The molecule has 0 aliphatic carbocycles. The number of aromatic hydroxyl groups is 1. The van der Waals surface area contributed by atoms with Crippen LogP contribution >= 0.6 is 24.2 Å². The number of aromatic nitrogens is 1. The van der Waals surface area contributed by atoms with Gasteiger partial charge in [-0.15, -0.1) is 11.6 Å². The van der Waals surface area contributed by atoms with Crippen LogP contribution in [0.4, 0.5) is 5.69 Å². The van der Waals surface area contributed by atoms with Crippen LogP contribution in [0.5, 0.6) is 5.75 Å². The van der Waals surface area contributed by atoms with Gasteiger partial charge in [0.15, 0.2) is 0 Å². The van der Waals surface area contributed by atoms with E-state index in [0.29, 0.717) is 23.9 Å². The highest BCUT2D eigenvalue weighted by Gasteiger charge is 2.35. The molecule has 1 aromatic heterocycles. The molecule has 6 heteroatoms. The van der Waals surface area contributed by atoms with Crippen LogP contribution in [0.2, 0.25) is 0 Å². The van der Waals surface area contributed by atoms with E-state index >= 15 is 0 Å². The first kappa shape index (κ1) is 18.4. The first-order valence-electron chi connectivity index (χ1n) is 9.45. The summed E-state index contributed by atoms with van der Waals surface area (Å²) in [5.41, 5.74) is 4.28. The molecule has 0 fully saturated rings. The van der Waals surface area contributed by atoms with E-state index in [1.165, 1.54) is 0 Å². The molecule has 5 rings (SSSR count). The summed E-state index contributed by atoms with van der Waals surface area (Å²) < 4.78 is 0. The van der Waals surface area contributed by atoms with Crippen LogP contribution in [0, 0.1) is 0 Å². The van der Waals surface area contributed by atoms with Gasteiger partial charge in [-0.2, -0.15) is 12.6 Å². The van der Waals surface area contributed by atoms with Gasteiger partial charge in [0.1, 0.15) is 11.4 Å². The smallest absolute Gasteiger partial charge is 0.274 e. The van der Waals surface area contributed by atoms with Gasteiger partial charge in [0.05, 0.1) is 5.69 Å². The van der Waals surface area contributed by atoms with Gasteiger partial charge >= 0.3 is 0 Å². The summed E-state index contributed by atoms with van der Waals surface area (Å²) in [4.78, 5) is 18.3. The third-order valence-electron chi connectivity index (χ3n) is 5.67. The summed E-state index contributed by atoms with van der Waals surface area (Å²) in [5, 5.41) is 13.3. The number of phenols is 1. The number of aromatic amines is 1. The second-order valence-electron chi connectivity index (χ2n) is 7.40. The van der Waals surface area contributed by atoms with Crippen molar-refractivity contribution in [3.05, 3.63) is 71.4 Å². The van der Waals surface area contributed by atoms with Gasteiger partial charge in [0.2, 0.25) is 0 Å². The molecule has 0 radical (unpaired) electrons. The highest BCUT2D eigenvalue weighted by atomic mass is 35.5. The first-order valence-corrected chi connectivity index (χ1v) is 10.6. The second-order valence-corrected chi connectivity index (χ2v) is 8.03. The number of hydrogen-bond acceptors (Lipinski definition) is 3. The van der Waals surface area contributed by atoms with Crippen molar-refractivity contribution in [2.75, 3.05) is 17.3 Å². The zero-order valence-corrected chi connectivity index (χ0v) is 17.2. The van der Waals surface area contributed by atoms with Crippen LogP contribution in [-0.2, 0) is 5.75 Å². The highest BCUT2D eigenvalue weighted by Crippen LogP contribution is 2.45. The van der Waals surface area contributed by atoms with Crippen molar-refractivity contribution in [1.29, 1.82) is 0 Å². The molecule has 1 aliphatic rings. The third kappa shape index (κ3) is 2.88. The number of nitrogens with zero attached hydrogens (tertiary/aromatic N) is 1. The van der Waals surface area contributed by atoms with Gasteiger partial charge in [-0.25, -0.2) is 0 Å². The van der Waals surface area contributed by atoms with Crippen molar-refractivity contribution in [3.63, 3.8) is 0 Å². The predicted octanol–water partition coefficient (Wildman–Crippen LogP) is 5.44. The molecule has 2 N–H and O–H groups in total. The lowest BCUT2D eigenvalue weighted by molar-refractivity contribution is 0.0984. The summed E-state index contributed by atoms with van der Waals surface area (Å²) >= 11 is 10.6. The number of H-pyrrole nitrogens is 1. The van der Waals surface area contributed by atoms with Gasteiger partial charge in [-0.05, 0) is 34.7 Å². The van der Waals surface area contributed by atoms with Crippen LogP contribution in [0.25, 0.3) is 21.7 Å². The minimum Gasteiger partial charge on any atom is -0.507 e. The summed E-state index contributed by atoms with van der Waals surface area (Å²) in [6.45, 7) is 0.488. The minimum absolute atomic E-state index is 0.0151. The van der Waals surface area contributed by atoms with Gasteiger partial charge < -0.3 is 15.0 Å². The fraction of sp³-hybridized carbons (Fsp3) is 0.174. The summed E-state index contributed by atoms with van der Waals surface area (Å²) in [6.07, 6.45) is 0. The maximum Gasteiger partial charge on any atom is 0.274 e. The Bertz CT molecular complexity index is 1270. The van der Waals surface area contributed by atoms with E-state index in [4.69, 9.17) is 11.6 Å². The van der Waals surface area contributed by atoms with Crippen LogP contribution < -0.4 is 4.90 Å². The van der Waals surface area contributed by atoms with E-state index in [9.17, 15) is 9.90 Å². The molecule has 0 saturated heterocycles. The quantitative estimate of drug-likeness (QED) is 0.304. The number of benzene rings is 3. The van der Waals surface area contributed by atoms with E-state index in [2.05, 4.69) is 17.6 Å². The largest absolute Gasteiger partial charge is 0.507 e. The molecule has 4 nitrogen and oxygen atoms in total. The van der Waals surface area contributed by atoms with Crippen molar-refractivity contribution in [2.24, 2.45) is 0 Å². The minimum atomic E-state index is -0.128. The van der Waals surface area contributed by atoms with Crippen LogP contribution in [0.3, 0.4) is 0 Å². The van der Waals surface area contributed by atoms with Crippen molar-refractivity contribution in [2.45, 2.75) is 11.7 Å². The fourth-order valence-corrected chi connectivity index (χ4v) is 4.73. The van der Waals surface area contributed by atoms with Gasteiger partial charge in [-0.3, -0.25) is 4.79 Å². The van der Waals surface area contributed by atoms with Crippen molar-refractivity contribution < 1.29 is 9.90 Å². The Morgan fingerprint density at radius 1 is 1.17 bits per heavy atom. The Kier molecular flexibility index (Phi) is 4.45. The lowest BCUT2D eigenvalue weighted by atomic mass is 9.95. The standard InChI is InChI=1S/C23H19ClN2O2S/c24-10-15-11-26(20-9-21(27)16-3-1-2-4-17(16)22(15)20)23(28)19-8-14-7-13(12-29)5-6-18(14)25-19/h1-9,15,25,27,29H,10-12H2/t15-/m1/s1. The maximum atomic E-state index is 13.4. The van der Waals surface area contributed by atoms with E-state index < -0.39 is 0 Å². The monoisotopic (exact) mass is 422 g/mol. The first-order chi connectivity index (χ1) is 14.1. The van der Waals surface area contributed by atoms with E-state index in [0.717, 1.165) is 38.5 Å². The van der Waals surface area contributed by atoms with Gasteiger partial charge in [0.25, 0.3) is 5.91 Å². The summed E-state index contributed by atoms with van der Waals surface area (Å²) in [6, 6.07) is 17.3. The molecule has 0 bridgehead atoms. The Balaban J connectivity index is 1.62. The molecule has 0 saturated carbocycles. The number of alkyl halides is 1. The number of thiol groups is 1. The van der Waals surface area contributed by atoms with Crippen molar-refractivity contribution in [1.82, 2.24) is 4.98 Å². The molecule has 29 heavy (non-hydrogen) atoms. The zero-order valence-electron chi connectivity index (χ0n) is 15.5. The summed E-state index contributed by atoms with van der Waals surface area (Å²) in [7, 11) is 0. The summed E-state index contributed by atoms with van der Waals surface area (Å²) in [5.74, 6) is 1.11. The maximum absolute atomic E-state index is 13.4. The van der Waals surface area contributed by atoms with Crippen LogP contribution in [0.1, 0.15) is 27.5 Å². The predicted molar refractivity (Wildman–Crippen MR) is 122 cm³/mol. The number of phenolic OH excluding ortho intramolecular Hbond substituents is 1. The molecule has 1 amide bonds. The zero-order chi connectivity index (χ0) is 20.1. The number of rotatable bonds is 3. The number of fused-ring (bicyclic) bond motifs is 4.